The summed E-state index contributed by atoms with van der Waals surface area (Å²) in [5.41, 5.74) is -0.500. The molecule has 104 valence electrons. The highest BCUT2D eigenvalue weighted by Gasteiger charge is 2.44. The van der Waals surface area contributed by atoms with E-state index in [0.717, 1.165) is 50.9 Å². The molecule has 2 aliphatic rings. The third kappa shape index (κ3) is 2.87. The Hall–Kier alpha value is -0.570. The molecule has 0 bridgehead atoms. The summed E-state index contributed by atoms with van der Waals surface area (Å²) in [6, 6.07) is 0. The highest BCUT2D eigenvalue weighted by molar-refractivity contribution is 5.74. The van der Waals surface area contributed by atoms with Crippen LogP contribution in [0.5, 0.6) is 0 Å². The van der Waals surface area contributed by atoms with Crippen LogP contribution < -0.4 is 0 Å². The molecule has 3 heteroatoms. The van der Waals surface area contributed by atoms with E-state index >= 15 is 0 Å². The van der Waals surface area contributed by atoms with Crippen molar-refractivity contribution in [3.8, 4) is 0 Å². The van der Waals surface area contributed by atoms with Gasteiger partial charge in [-0.2, -0.15) is 0 Å². The van der Waals surface area contributed by atoms with Crippen molar-refractivity contribution in [2.24, 2.45) is 11.3 Å². The van der Waals surface area contributed by atoms with Gasteiger partial charge in [0, 0.05) is 0 Å². The quantitative estimate of drug-likeness (QED) is 0.833. The molecule has 0 amide bonds. The fourth-order valence-corrected chi connectivity index (χ4v) is 3.61. The van der Waals surface area contributed by atoms with E-state index in [1.54, 1.807) is 0 Å². The van der Waals surface area contributed by atoms with Crippen LogP contribution >= 0.6 is 0 Å². The number of hydrogen-bond donors (Lipinski definition) is 1. The highest BCUT2D eigenvalue weighted by Crippen LogP contribution is 2.45. The average Bonchev–Trinajstić information content (AvgIpc) is 2.75. The number of hydrogen-bond acceptors (Lipinski definition) is 2. The minimum absolute atomic E-state index is 0.175. The molecule has 2 rings (SSSR count). The van der Waals surface area contributed by atoms with Crippen molar-refractivity contribution in [2.75, 3.05) is 0 Å². The van der Waals surface area contributed by atoms with Crippen LogP contribution in [-0.4, -0.2) is 23.3 Å². The summed E-state index contributed by atoms with van der Waals surface area (Å²) in [6.45, 7) is 4.29. The molecule has 1 aliphatic heterocycles. The Morgan fingerprint density at radius 1 is 1.28 bits per heavy atom. The molecule has 0 aromatic rings. The average molecular weight is 254 g/mol. The fraction of sp³-hybridized carbons (Fsp3) is 0.933. The zero-order valence-corrected chi connectivity index (χ0v) is 11.7. The Labute approximate surface area is 110 Å². The Kier molecular flexibility index (Phi) is 4.31. The van der Waals surface area contributed by atoms with Gasteiger partial charge in [0.25, 0.3) is 0 Å². The summed E-state index contributed by atoms with van der Waals surface area (Å²) >= 11 is 0. The summed E-state index contributed by atoms with van der Waals surface area (Å²) in [5.74, 6) is 0.140. The molecule has 1 N–H and O–H groups in total. The predicted molar refractivity (Wildman–Crippen MR) is 70.5 cm³/mol. The van der Waals surface area contributed by atoms with Crippen molar-refractivity contribution in [3.63, 3.8) is 0 Å². The second-order valence-electron chi connectivity index (χ2n) is 6.29. The summed E-state index contributed by atoms with van der Waals surface area (Å²) in [7, 11) is 0. The lowest BCUT2D eigenvalue weighted by Gasteiger charge is -2.38. The first-order valence-corrected chi connectivity index (χ1v) is 7.44. The van der Waals surface area contributed by atoms with Gasteiger partial charge in [0.15, 0.2) is 0 Å². The van der Waals surface area contributed by atoms with Crippen LogP contribution in [0.3, 0.4) is 0 Å². The van der Waals surface area contributed by atoms with Crippen LogP contribution in [0.4, 0.5) is 0 Å². The third-order valence-electron chi connectivity index (χ3n) is 5.03. The lowest BCUT2D eigenvalue weighted by atomic mass is 9.67. The maximum Gasteiger partial charge on any atom is 0.309 e. The van der Waals surface area contributed by atoms with Crippen LogP contribution in [0.2, 0.25) is 0 Å². The standard InChI is InChI=1S/C15H26O3/c1-3-12-6-8-15(9-7-12,14(16)17)10-13-5-4-11(2)18-13/h11-13H,3-10H2,1-2H3,(H,16,17). The second kappa shape index (κ2) is 5.60. The minimum atomic E-state index is -0.597. The van der Waals surface area contributed by atoms with E-state index in [4.69, 9.17) is 4.74 Å². The highest BCUT2D eigenvalue weighted by atomic mass is 16.5. The van der Waals surface area contributed by atoms with Gasteiger partial charge in [-0.15, -0.1) is 0 Å². The summed E-state index contributed by atoms with van der Waals surface area (Å²) in [5, 5.41) is 9.62. The van der Waals surface area contributed by atoms with E-state index < -0.39 is 11.4 Å². The maximum absolute atomic E-state index is 11.7. The van der Waals surface area contributed by atoms with Gasteiger partial charge in [0.05, 0.1) is 17.6 Å². The SMILES string of the molecule is CCC1CCC(CC2CCC(C)O2)(C(=O)O)CC1. The fourth-order valence-electron chi connectivity index (χ4n) is 3.61. The molecule has 2 atom stereocenters. The molecule has 0 spiro atoms. The molecule has 1 saturated carbocycles. The molecule has 1 aliphatic carbocycles. The molecule has 2 unspecified atom stereocenters. The second-order valence-corrected chi connectivity index (χ2v) is 6.29. The first-order valence-electron chi connectivity index (χ1n) is 7.44. The first kappa shape index (κ1) is 13.9. The van der Waals surface area contributed by atoms with E-state index in [0.29, 0.717) is 6.10 Å². The molecular weight excluding hydrogens is 228 g/mol. The molecule has 3 nitrogen and oxygen atoms in total. The largest absolute Gasteiger partial charge is 0.481 e. The van der Waals surface area contributed by atoms with Gasteiger partial charge in [-0.25, -0.2) is 0 Å². The Morgan fingerprint density at radius 2 is 1.94 bits per heavy atom. The summed E-state index contributed by atoms with van der Waals surface area (Å²) < 4.78 is 5.83. The minimum Gasteiger partial charge on any atom is -0.481 e. The van der Waals surface area contributed by atoms with Crippen LogP contribution in [0, 0.1) is 11.3 Å². The van der Waals surface area contributed by atoms with Crippen molar-refractivity contribution in [1.29, 1.82) is 0 Å². The third-order valence-corrected chi connectivity index (χ3v) is 5.03. The molecule has 1 heterocycles. The zero-order valence-electron chi connectivity index (χ0n) is 11.7. The van der Waals surface area contributed by atoms with Crippen LogP contribution in [0.1, 0.15) is 65.2 Å². The topological polar surface area (TPSA) is 46.5 Å². The number of rotatable bonds is 4. The predicted octanol–water partition coefficient (Wildman–Crippen LogP) is 3.62. The van der Waals surface area contributed by atoms with Gasteiger partial charge in [0.2, 0.25) is 0 Å². The first-order chi connectivity index (χ1) is 8.55. The van der Waals surface area contributed by atoms with Crippen molar-refractivity contribution in [2.45, 2.75) is 77.4 Å². The molecule has 2 fully saturated rings. The van der Waals surface area contributed by atoms with Crippen molar-refractivity contribution >= 4 is 5.97 Å². The molecular formula is C15H26O3. The summed E-state index contributed by atoms with van der Waals surface area (Å²) in [6.07, 6.45) is 8.35. The molecule has 1 saturated heterocycles. The van der Waals surface area contributed by atoms with Crippen molar-refractivity contribution < 1.29 is 14.6 Å². The number of carbonyl (C=O) groups is 1. The smallest absolute Gasteiger partial charge is 0.309 e. The van der Waals surface area contributed by atoms with Crippen molar-refractivity contribution in [3.05, 3.63) is 0 Å². The van der Waals surface area contributed by atoms with Gasteiger partial charge in [0.1, 0.15) is 0 Å². The Balaban J connectivity index is 1.97. The number of aliphatic carboxylic acids is 1. The van der Waals surface area contributed by atoms with Gasteiger partial charge < -0.3 is 9.84 Å². The lowest BCUT2D eigenvalue weighted by molar-refractivity contribution is -0.154. The van der Waals surface area contributed by atoms with E-state index in [9.17, 15) is 9.90 Å². The number of carboxylic acid groups (broad SMARTS) is 1. The van der Waals surface area contributed by atoms with E-state index in [1.807, 2.05) is 0 Å². The monoisotopic (exact) mass is 254 g/mol. The number of carboxylic acids is 1. The van der Waals surface area contributed by atoms with Gasteiger partial charge in [-0.05, 0) is 57.8 Å². The molecule has 0 aromatic heterocycles. The lowest BCUT2D eigenvalue weighted by Crippen LogP contribution is -2.38. The van der Waals surface area contributed by atoms with Crippen LogP contribution in [-0.2, 0) is 9.53 Å². The van der Waals surface area contributed by atoms with Gasteiger partial charge in [-0.3, -0.25) is 4.79 Å². The maximum atomic E-state index is 11.7. The van der Waals surface area contributed by atoms with Gasteiger partial charge in [-0.1, -0.05) is 13.3 Å². The van der Waals surface area contributed by atoms with Crippen LogP contribution in [0.25, 0.3) is 0 Å². The van der Waals surface area contributed by atoms with E-state index in [-0.39, 0.29) is 6.10 Å². The van der Waals surface area contributed by atoms with Crippen LogP contribution in [0.15, 0.2) is 0 Å². The van der Waals surface area contributed by atoms with Crippen molar-refractivity contribution in [1.82, 2.24) is 0 Å². The normalized spacial score (nSPS) is 40.9. The molecule has 18 heavy (non-hydrogen) atoms. The number of ether oxygens (including phenoxy) is 1. The Bertz CT molecular complexity index is 292. The van der Waals surface area contributed by atoms with E-state index in [1.165, 1.54) is 6.42 Å². The van der Waals surface area contributed by atoms with Gasteiger partial charge >= 0.3 is 5.97 Å². The Morgan fingerprint density at radius 3 is 2.39 bits per heavy atom. The molecule has 0 radical (unpaired) electrons. The molecule has 0 aromatic carbocycles. The zero-order chi connectivity index (χ0) is 13.2. The van der Waals surface area contributed by atoms with E-state index in [2.05, 4.69) is 13.8 Å². The summed E-state index contributed by atoms with van der Waals surface area (Å²) in [4.78, 5) is 11.7.